The number of nitrogens with zero attached hydrogens (tertiary/aromatic N) is 2. The predicted molar refractivity (Wildman–Crippen MR) is 37.3 cm³/mol. The molecule has 0 unspecified atom stereocenters. The van der Waals surface area contributed by atoms with Gasteiger partial charge in [-0.1, -0.05) is 0 Å². The van der Waals surface area contributed by atoms with Crippen LogP contribution >= 0.6 is 0 Å². The molecule has 0 rings (SSSR count). The van der Waals surface area contributed by atoms with Crippen LogP contribution in [0.25, 0.3) is 0 Å². The number of hydrogen-bond acceptors (Lipinski definition) is 5. The largest absolute Gasteiger partial charge is 0.443 e. The van der Waals surface area contributed by atoms with Gasteiger partial charge in [0.15, 0.2) is 0 Å². The normalized spacial score (nSPS) is 5.09. The summed E-state index contributed by atoms with van der Waals surface area (Å²) in [5.74, 6) is 0. The van der Waals surface area contributed by atoms with Gasteiger partial charge in [-0.05, 0) is 13.8 Å². The van der Waals surface area contributed by atoms with Crippen molar-refractivity contribution in [3.63, 3.8) is 0 Å². The molecule has 0 aromatic rings. The maximum Gasteiger partial charge on any atom is 0.283 e. The van der Waals surface area contributed by atoms with Crippen molar-refractivity contribution in [3.05, 3.63) is 0 Å². The highest BCUT2D eigenvalue weighted by Crippen LogP contribution is 1.64. The van der Waals surface area contributed by atoms with Crippen molar-refractivity contribution >= 4 is 0 Å². The molecule has 0 radical (unpaired) electrons. The molecule has 64 valence electrons. The Morgan fingerprint density at radius 3 is 1.27 bits per heavy atom. The monoisotopic (exact) mass is 160 g/mol. The Balaban J connectivity index is -0.0000000933. The van der Waals surface area contributed by atoms with E-state index >= 15 is 0 Å². The van der Waals surface area contributed by atoms with E-state index in [9.17, 15) is 0 Å². The predicted octanol–water partition coefficient (Wildman–Crippen LogP) is 0.723. The maximum absolute atomic E-state index is 6.88. The molecular weight excluding hydrogens is 148 g/mol. The van der Waals surface area contributed by atoms with Gasteiger partial charge in [-0.15, -0.1) is 0 Å². The van der Waals surface area contributed by atoms with E-state index in [0.29, 0.717) is 0 Å². The summed E-state index contributed by atoms with van der Waals surface area (Å²) in [7, 11) is 0. The number of hydrogen-bond donors (Lipinski definition) is 2. The quantitative estimate of drug-likeness (QED) is 0.580. The minimum atomic E-state index is 0.750. The summed E-state index contributed by atoms with van der Waals surface area (Å²) in [5.41, 5.74) is 0. The van der Waals surface area contributed by atoms with Crippen molar-refractivity contribution in [2.24, 2.45) is 0 Å². The molecule has 0 atom stereocenters. The lowest BCUT2D eigenvalue weighted by molar-refractivity contribution is 0.162. The van der Waals surface area contributed by atoms with Gasteiger partial charge >= 0.3 is 0 Å². The highest BCUT2D eigenvalue weighted by molar-refractivity contribution is 4.31. The molecule has 11 heavy (non-hydrogen) atoms. The zero-order valence-corrected chi connectivity index (χ0v) is 6.61. The zero-order chi connectivity index (χ0) is 9.54. The lowest BCUT2D eigenvalue weighted by Crippen LogP contribution is -1.84. The lowest BCUT2D eigenvalue weighted by atomic mass is 10.8. The fourth-order valence-corrected chi connectivity index (χ4v) is 0.204. The molecule has 0 heterocycles. The Bertz CT molecular complexity index is 100.0. The first-order valence-electron chi connectivity index (χ1n) is 2.89. The second-order valence-corrected chi connectivity index (χ2v) is 0.981. The van der Waals surface area contributed by atoms with Crippen LogP contribution in [0.4, 0.5) is 0 Å². The number of aliphatic hydroxyl groups is 2. The van der Waals surface area contributed by atoms with E-state index in [2.05, 4.69) is 0 Å². The molecule has 5 nitrogen and oxygen atoms in total. The molecule has 0 saturated heterocycles. The first-order valence-corrected chi connectivity index (χ1v) is 2.89. The van der Waals surface area contributed by atoms with Crippen molar-refractivity contribution in [2.75, 3.05) is 13.2 Å². The van der Waals surface area contributed by atoms with Gasteiger partial charge in [-0.2, -0.15) is 10.5 Å². The van der Waals surface area contributed by atoms with Crippen LogP contribution in [0.2, 0.25) is 0 Å². The first kappa shape index (κ1) is 16.3. The molecule has 5 heteroatoms. The van der Waals surface area contributed by atoms with Gasteiger partial charge in [-0.3, -0.25) is 0 Å². The molecule has 0 fully saturated rings. The molecule has 0 aromatic heterocycles. The smallest absolute Gasteiger partial charge is 0.283 e. The van der Waals surface area contributed by atoms with E-state index in [1.165, 1.54) is 0 Å². The van der Waals surface area contributed by atoms with E-state index in [4.69, 9.17) is 25.5 Å². The van der Waals surface area contributed by atoms with Crippen LogP contribution in [0.5, 0.6) is 0 Å². The summed E-state index contributed by atoms with van der Waals surface area (Å²) in [6.07, 6.45) is 1.50. The van der Waals surface area contributed by atoms with E-state index < -0.39 is 0 Å². The minimum Gasteiger partial charge on any atom is -0.443 e. The SMILES string of the molecule is CCOCC.N#CO.N#CO. The summed E-state index contributed by atoms with van der Waals surface area (Å²) in [6, 6.07) is 0. The third-order valence-corrected chi connectivity index (χ3v) is 0.408. The van der Waals surface area contributed by atoms with Crippen LogP contribution in [0.1, 0.15) is 13.8 Å². The number of nitriles is 2. The van der Waals surface area contributed by atoms with Crippen molar-refractivity contribution in [3.8, 4) is 12.5 Å². The summed E-state index contributed by atoms with van der Waals surface area (Å²) in [6.45, 7) is 5.67. The van der Waals surface area contributed by atoms with Gasteiger partial charge in [0.1, 0.15) is 0 Å². The Hall–Kier alpha value is -1.46. The average Bonchev–Trinajstić information content (AvgIpc) is 1.92. The summed E-state index contributed by atoms with van der Waals surface area (Å²) in [4.78, 5) is 0. The van der Waals surface area contributed by atoms with Gasteiger partial charge in [0.05, 0.1) is 0 Å². The van der Waals surface area contributed by atoms with Gasteiger partial charge in [0.25, 0.3) is 12.5 Å². The third kappa shape index (κ3) is 1250. The molecule has 0 saturated carbocycles. The van der Waals surface area contributed by atoms with E-state index in [-0.39, 0.29) is 0 Å². The first-order chi connectivity index (χ1) is 5.24. The van der Waals surface area contributed by atoms with Crippen LogP contribution in [0, 0.1) is 23.0 Å². The summed E-state index contributed by atoms with van der Waals surface area (Å²) < 4.78 is 4.83. The Morgan fingerprint density at radius 1 is 1.09 bits per heavy atom. The molecule has 2 N–H and O–H groups in total. The van der Waals surface area contributed by atoms with Crippen LogP contribution in [-0.2, 0) is 4.74 Å². The van der Waals surface area contributed by atoms with Gasteiger partial charge in [0.2, 0.25) is 0 Å². The minimum absolute atomic E-state index is 0.750. The molecule has 0 spiro atoms. The molecule has 0 bridgehead atoms. The second-order valence-electron chi connectivity index (χ2n) is 0.981. The van der Waals surface area contributed by atoms with Gasteiger partial charge in [0, 0.05) is 13.2 Å². The number of rotatable bonds is 2. The Kier molecular flexibility index (Phi) is 57.3. The molecule has 0 amide bonds. The molecule has 0 aliphatic carbocycles. The summed E-state index contributed by atoms with van der Waals surface area (Å²) in [5, 5.41) is 27.5. The molecular formula is C6H12N2O3. The van der Waals surface area contributed by atoms with E-state index in [0.717, 1.165) is 25.7 Å². The second kappa shape index (κ2) is 38.7. The van der Waals surface area contributed by atoms with Crippen LogP contribution in [0.3, 0.4) is 0 Å². The number of ether oxygens (including phenoxy) is 1. The van der Waals surface area contributed by atoms with Crippen LogP contribution in [-0.4, -0.2) is 23.4 Å². The topological polar surface area (TPSA) is 97.3 Å². The summed E-state index contributed by atoms with van der Waals surface area (Å²) >= 11 is 0. The lowest BCUT2D eigenvalue weighted by Gasteiger charge is -1.86. The molecule has 0 aliphatic rings. The Morgan fingerprint density at radius 2 is 1.27 bits per heavy atom. The fourth-order valence-electron chi connectivity index (χ4n) is 0.204. The van der Waals surface area contributed by atoms with Crippen molar-refractivity contribution in [1.82, 2.24) is 0 Å². The zero-order valence-electron chi connectivity index (χ0n) is 6.61. The van der Waals surface area contributed by atoms with Crippen LogP contribution in [0.15, 0.2) is 0 Å². The maximum atomic E-state index is 6.88. The van der Waals surface area contributed by atoms with E-state index in [1.54, 1.807) is 0 Å². The highest BCUT2D eigenvalue weighted by atomic mass is 16.5. The third-order valence-electron chi connectivity index (χ3n) is 0.408. The number of aliphatic hydroxyl groups excluding tert-OH is 2. The van der Waals surface area contributed by atoms with Crippen molar-refractivity contribution < 1.29 is 14.9 Å². The highest BCUT2D eigenvalue weighted by Gasteiger charge is 1.64. The van der Waals surface area contributed by atoms with Crippen LogP contribution < -0.4 is 0 Å². The molecule has 0 aliphatic heterocycles. The molecule has 0 aromatic carbocycles. The standard InChI is InChI=1S/C4H10O.2CHNO/c1-3-5-4-2;2*2-1-3/h3-4H2,1-2H3;2*3H. The van der Waals surface area contributed by atoms with Gasteiger partial charge < -0.3 is 14.9 Å². The van der Waals surface area contributed by atoms with Crippen molar-refractivity contribution in [2.45, 2.75) is 13.8 Å². The Labute approximate surface area is 66.1 Å². The van der Waals surface area contributed by atoms with Crippen molar-refractivity contribution in [1.29, 1.82) is 10.5 Å². The fraction of sp³-hybridized carbons (Fsp3) is 0.667. The average molecular weight is 160 g/mol. The van der Waals surface area contributed by atoms with E-state index in [1.807, 2.05) is 13.8 Å². The van der Waals surface area contributed by atoms with Gasteiger partial charge in [-0.25, -0.2) is 0 Å².